The lowest BCUT2D eigenvalue weighted by atomic mass is 10.1. The highest BCUT2D eigenvalue weighted by Crippen LogP contribution is 2.34. The maximum absolute atomic E-state index is 12.8. The third kappa shape index (κ3) is 4.53. The van der Waals surface area contributed by atoms with Gasteiger partial charge in [0.05, 0.1) is 17.4 Å². The molecule has 23 heavy (non-hydrogen) atoms. The van der Waals surface area contributed by atoms with Crippen LogP contribution in [0, 0.1) is 0 Å². The second-order valence-electron chi connectivity index (χ2n) is 4.53. The van der Waals surface area contributed by atoms with E-state index in [-0.39, 0.29) is 17.4 Å². The molecule has 0 saturated carbocycles. The first-order chi connectivity index (χ1) is 10.8. The summed E-state index contributed by atoms with van der Waals surface area (Å²) < 4.78 is 38.5. The SMILES string of the molecule is CC(=O)Nc1cnn(CC(=O)Nc2ccccc2C(F)(F)F)n1. The highest BCUT2D eigenvalue weighted by atomic mass is 19.4. The molecule has 0 fully saturated rings. The third-order valence-electron chi connectivity index (χ3n) is 2.63. The number of alkyl halides is 3. The van der Waals surface area contributed by atoms with Crippen LogP contribution in [0.2, 0.25) is 0 Å². The summed E-state index contributed by atoms with van der Waals surface area (Å²) in [7, 11) is 0. The molecule has 0 radical (unpaired) electrons. The minimum Gasteiger partial charge on any atom is -0.324 e. The Kier molecular flexibility index (Phi) is 4.63. The van der Waals surface area contributed by atoms with Gasteiger partial charge in [0.25, 0.3) is 0 Å². The van der Waals surface area contributed by atoms with Gasteiger partial charge in [0.2, 0.25) is 11.8 Å². The van der Waals surface area contributed by atoms with Gasteiger partial charge in [-0.2, -0.15) is 23.1 Å². The Labute approximate surface area is 128 Å². The van der Waals surface area contributed by atoms with Crippen LogP contribution in [0.25, 0.3) is 0 Å². The quantitative estimate of drug-likeness (QED) is 0.897. The summed E-state index contributed by atoms with van der Waals surface area (Å²) in [6.45, 7) is 0.881. The van der Waals surface area contributed by atoms with Gasteiger partial charge < -0.3 is 10.6 Å². The van der Waals surface area contributed by atoms with Gasteiger partial charge >= 0.3 is 6.18 Å². The van der Waals surface area contributed by atoms with E-state index in [9.17, 15) is 22.8 Å². The number of hydrogen-bond acceptors (Lipinski definition) is 4. The first kappa shape index (κ1) is 16.5. The normalized spacial score (nSPS) is 11.1. The van der Waals surface area contributed by atoms with Crippen molar-refractivity contribution in [3.05, 3.63) is 36.0 Å². The largest absolute Gasteiger partial charge is 0.418 e. The van der Waals surface area contributed by atoms with Crippen LogP contribution in [0.3, 0.4) is 0 Å². The van der Waals surface area contributed by atoms with Crippen molar-refractivity contribution in [3.8, 4) is 0 Å². The highest BCUT2D eigenvalue weighted by molar-refractivity contribution is 5.91. The standard InChI is InChI=1S/C13H12F3N5O2/c1-8(22)18-11-6-17-21(20-11)7-12(23)19-10-5-3-2-4-9(10)13(14,15)16/h2-6H,7H2,1H3,(H,19,23)(H,18,20,22). The van der Waals surface area contributed by atoms with Gasteiger partial charge in [-0.25, -0.2) is 0 Å². The van der Waals surface area contributed by atoms with E-state index in [4.69, 9.17) is 0 Å². The summed E-state index contributed by atoms with van der Waals surface area (Å²) in [5.74, 6) is -0.951. The molecular formula is C13H12F3N5O2. The van der Waals surface area contributed by atoms with E-state index < -0.39 is 24.2 Å². The summed E-state index contributed by atoms with van der Waals surface area (Å²) in [6.07, 6.45) is -3.36. The number of aromatic nitrogens is 3. The van der Waals surface area contributed by atoms with Gasteiger partial charge in [0.1, 0.15) is 6.54 Å². The van der Waals surface area contributed by atoms with Crippen molar-refractivity contribution in [3.63, 3.8) is 0 Å². The summed E-state index contributed by atoms with van der Waals surface area (Å²) in [6, 6.07) is 4.63. The molecule has 1 aromatic heterocycles. The van der Waals surface area contributed by atoms with Gasteiger partial charge in [-0.1, -0.05) is 12.1 Å². The minimum absolute atomic E-state index is 0.140. The van der Waals surface area contributed by atoms with Gasteiger partial charge in [-0.05, 0) is 12.1 Å². The molecule has 2 amide bonds. The van der Waals surface area contributed by atoms with Crippen molar-refractivity contribution in [1.29, 1.82) is 0 Å². The number of anilines is 2. The topological polar surface area (TPSA) is 88.9 Å². The number of carbonyl (C=O) groups is 2. The zero-order chi connectivity index (χ0) is 17.0. The molecule has 2 aromatic rings. The molecule has 7 nitrogen and oxygen atoms in total. The van der Waals surface area contributed by atoms with Crippen molar-refractivity contribution in [2.24, 2.45) is 0 Å². The van der Waals surface area contributed by atoms with E-state index in [0.717, 1.165) is 16.9 Å². The smallest absolute Gasteiger partial charge is 0.324 e. The van der Waals surface area contributed by atoms with Gasteiger partial charge in [0, 0.05) is 6.92 Å². The summed E-state index contributed by atoms with van der Waals surface area (Å²) in [4.78, 5) is 23.6. The summed E-state index contributed by atoms with van der Waals surface area (Å²) >= 11 is 0. The maximum atomic E-state index is 12.8. The molecule has 1 heterocycles. The van der Waals surface area contributed by atoms with Gasteiger partial charge in [-0.15, -0.1) is 5.10 Å². The number of halogens is 3. The molecule has 0 unspecified atom stereocenters. The lowest BCUT2D eigenvalue weighted by Gasteiger charge is -2.13. The average molecular weight is 327 g/mol. The van der Waals surface area contributed by atoms with E-state index in [1.165, 1.54) is 25.3 Å². The van der Waals surface area contributed by atoms with Crippen LogP contribution in [0.1, 0.15) is 12.5 Å². The van der Waals surface area contributed by atoms with Gasteiger partial charge in [-0.3, -0.25) is 9.59 Å². The number of hydrogen-bond donors (Lipinski definition) is 2. The van der Waals surface area contributed by atoms with Crippen molar-refractivity contribution in [2.75, 3.05) is 10.6 Å². The Morgan fingerprint density at radius 2 is 1.91 bits per heavy atom. The van der Waals surface area contributed by atoms with Gasteiger partial charge in [0.15, 0.2) is 5.82 Å². The fraction of sp³-hybridized carbons (Fsp3) is 0.231. The fourth-order valence-electron chi connectivity index (χ4n) is 1.77. The van der Waals surface area contributed by atoms with Crippen molar-refractivity contribution < 1.29 is 22.8 Å². The molecule has 0 aliphatic heterocycles. The Bertz CT molecular complexity index is 726. The molecule has 10 heteroatoms. The first-order valence-electron chi connectivity index (χ1n) is 6.39. The molecule has 1 aromatic carbocycles. The molecule has 0 spiro atoms. The van der Waals surface area contributed by atoms with E-state index in [1.807, 2.05) is 0 Å². The lowest BCUT2D eigenvalue weighted by Crippen LogP contribution is -2.22. The predicted molar refractivity (Wildman–Crippen MR) is 74.4 cm³/mol. The Morgan fingerprint density at radius 1 is 1.22 bits per heavy atom. The van der Waals surface area contributed by atoms with Crippen LogP contribution in [0.5, 0.6) is 0 Å². The monoisotopic (exact) mass is 327 g/mol. The van der Waals surface area contributed by atoms with Crippen LogP contribution in [0.4, 0.5) is 24.7 Å². The van der Waals surface area contributed by atoms with Crippen molar-refractivity contribution in [1.82, 2.24) is 15.0 Å². The van der Waals surface area contributed by atoms with E-state index in [1.54, 1.807) is 0 Å². The molecule has 0 aliphatic carbocycles. The minimum atomic E-state index is -4.58. The van der Waals surface area contributed by atoms with E-state index >= 15 is 0 Å². The number of benzene rings is 1. The lowest BCUT2D eigenvalue weighted by molar-refractivity contribution is -0.137. The summed E-state index contributed by atoms with van der Waals surface area (Å²) in [5, 5.41) is 12.1. The molecule has 122 valence electrons. The number of rotatable bonds is 4. The number of para-hydroxylation sites is 1. The highest BCUT2D eigenvalue weighted by Gasteiger charge is 2.33. The van der Waals surface area contributed by atoms with Crippen molar-refractivity contribution in [2.45, 2.75) is 19.6 Å². The Balaban J connectivity index is 2.06. The molecule has 2 rings (SSSR count). The zero-order valence-electron chi connectivity index (χ0n) is 11.9. The molecular weight excluding hydrogens is 315 g/mol. The Hall–Kier alpha value is -2.91. The molecule has 2 N–H and O–H groups in total. The predicted octanol–water partition coefficient (Wildman–Crippen LogP) is 1.89. The molecule has 0 aliphatic rings. The maximum Gasteiger partial charge on any atom is 0.418 e. The second-order valence-corrected chi connectivity index (χ2v) is 4.53. The first-order valence-corrected chi connectivity index (χ1v) is 6.39. The van der Waals surface area contributed by atoms with Crippen LogP contribution < -0.4 is 10.6 Å². The fourth-order valence-corrected chi connectivity index (χ4v) is 1.77. The zero-order valence-corrected chi connectivity index (χ0v) is 11.9. The number of nitrogens with one attached hydrogen (secondary N) is 2. The van der Waals surface area contributed by atoms with Crippen LogP contribution in [-0.2, 0) is 22.3 Å². The number of amides is 2. The molecule has 0 bridgehead atoms. The van der Waals surface area contributed by atoms with Crippen LogP contribution in [0.15, 0.2) is 30.5 Å². The Morgan fingerprint density at radius 3 is 2.57 bits per heavy atom. The summed E-state index contributed by atoms with van der Waals surface area (Å²) in [5.41, 5.74) is -1.29. The number of nitrogens with zero attached hydrogens (tertiary/aromatic N) is 3. The molecule has 0 atom stereocenters. The third-order valence-corrected chi connectivity index (χ3v) is 2.63. The molecule has 0 saturated heterocycles. The van der Waals surface area contributed by atoms with Crippen LogP contribution in [-0.4, -0.2) is 26.8 Å². The van der Waals surface area contributed by atoms with E-state index in [0.29, 0.717) is 0 Å². The van der Waals surface area contributed by atoms with Crippen LogP contribution >= 0.6 is 0 Å². The van der Waals surface area contributed by atoms with E-state index in [2.05, 4.69) is 20.8 Å². The second kappa shape index (κ2) is 6.46. The number of carbonyl (C=O) groups excluding carboxylic acids is 2. The van der Waals surface area contributed by atoms with Crippen molar-refractivity contribution >= 4 is 23.3 Å². The average Bonchev–Trinajstić information content (AvgIpc) is 2.84.